The van der Waals surface area contributed by atoms with Gasteiger partial charge in [0, 0.05) is 6.07 Å². The maximum Gasteiger partial charge on any atom is 0.312 e. The first kappa shape index (κ1) is 24.4. The number of methoxy groups -OCH3 is 1. The summed E-state index contributed by atoms with van der Waals surface area (Å²) in [6, 6.07) is 9.07. The lowest BCUT2D eigenvalue weighted by Crippen LogP contribution is -2.47. The second-order valence-electron chi connectivity index (χ2n) is 10.3. The average Bonchev–Trinajstić information content (AvgIpc) is 3.16. The molecule has 0 amide bonds. The number of nitrogens with two attached hydrogens (primary N) is 1. The fraction of sp³-hybridized carbons (Fsp3) is 0.520. The van der Waals surface area contributed by atoms with Crippen molar-refractivity contribution in [3.05, 3.63) is 47.5 Å². The van der Waals surface area contributed by atoms with Crippen molar-refractivity contribution < 1.29 is 30.9 Å². The predicted octanol–water partition coefficient (Wildman–Crippen LogP) is 3.68. The van der Waals surface area contributed by atoms with Crippen LogP contribution in [0.1, 0.15) is 56.1 Å². The van der Waals surface area contributed by atoms with Crippen molar-refractivity contribution in [3.8, 4) is 17.2 Å². The van der Waals surface area contributed by atoms with E-state index in [1.807, 2.05) is 12.1 Å². The Balaban J connectivity index is 1.41. The number of rotatable bonds is 5. The topological polar surface area (TPSA) is 133 Å². The summed E-state index contributed by atoms with van der Waals surface area (Å²) in [5.74, 6) is 1.46. The van der Waals surface area contributed by atoms with E-state index >= 15 is 0 Å². The van der Waals surface area contributed by atoms with E-state index in [4.69, 9.17) is 14.1 Å². The molecule has 0 spiro atoms. The number of phenolic OH excluding ortho intramolecular Hbond substituents is 1. The molecule has 0 aliphatic heterocycles. The van der Waals surface area contributed by atoms with Gasteiger partial charge in [-0.25, -0.2) is 13.6 Å². The highest BCUT2D eigenvalue weighted by atomic mass is 32.2. The highest BCUT2D eigenvalue weighted by Crippen LogP contribution is 2.62. The Hall–Kier alpha value is -2.30. The Kier molecular flexibility index (Phi) is 5.84. The zero-order chi connectivity index (χ0) is 25.2. The number of fused-ring (bicyclic) bond motifs is 5. The Morgan fingerprint density at radius 2 is 1.83 bits per heavy atom. The minimum absolute atomic E-state index is 0.0456. The first-order valence-electron chi connectivity index (χ1n) is 11.9. The number of phenols is 1. The van der Waals surface area contributed by atoms with Crippen LogP contribution < -0.4 is 14.1 Å². The lowest BCUT2D eigenvalue weighted by molar-refractivity contribution is 0.0603. The number of sulfonamides is 1. The molecule has 10 heteroatoms. The molecule has 5 atom stereocenters. The predicted molar refractivity (Wildman–Crippen MR) is 130 cm³/mol. The van der Waals surface area contributed by atoms with Gasteiger partial charge in [0.2, 0.25) is 10.0 Å². The molecule has 3 aliphatic carbocycles. The van der Waals surface area contributed by atoms with Gasteiger partial charge in [-0.15, -0.1) is 0 Å². The Bertz CT molecular complexity index is 1370. The second-order valence-corrected chi connectivity index (χ2v) is 13.6. The maximum absolute atomic E-state index is 13.5. The van der Waals surface area contributed by atoms with Crippen LogP contribution in [0.3, 0.4) is 0 Å². The van der Waals surface area contributed by atoms with Crippen molar-refractivity contribution in [1.29, 1.82) is 0 Å². The van der Waals surface area contributed by atoms with Crippen LogP contribution in [-0.4, -0.2) is 34.3 Å². The quantitative estimate of drug-likeness (QED) is 0.574. The Labute approximate surface area is 206 Å². The van der Waals surface area contributed by atoms with Crippen molar-refractivity contribution in [1.82, 2.24) is 0 Å². The van der Waals surface area contributed by atoms with Gasteiger partial charge < -0.3 is 14.0 Å². The van der Waals surface area contributed by atoms with E-state index in [1.54, 1.807) is 7.11 Å². The van der Waals surface area contributed by atoms with E-state index in [0.717, 1.165) is 43.7 Å². The Morgan fingerprint density at radius 3 is 2.54 bits per heavy atom. The maximum atomic E-state index is 13.5. The minimum Gasteiger partial charge on any atom is -0.504 e. The molecule has 3 N–H and O–H groups in total. The van der Waals surface area contributed by atoms with Crippen molar-refractivity contribution in [2.45, 2.75) is 61.5 Å². The second kappa shape index (κ2) is 8.38. The third-order valence-electron chi connectivity index (χ3n) is 8.63. The largest absolute Gasteiger partial charge is 0.504 e. The SMILES string of the molecule is COc1cc2c(cc1O)CCC1C2CC[C@@]2(C)C1CC[C@@H]2S(=O)(=O)Oc1cccc(S(N)(=O)=O)c1. The normalized spacial score (nSPS) is 30.1. The van der Waals surface area contributed by atoms with Crippen LogP contribution in [0, 0.1) is 17.3 Å². The van der Waals surface area contributed by atoms with Crippen LogP contribution in [-0.2, 0) is 26.6 Å². The number of hydrogen-bond acceptors (Lipinski definition) is 7. The van der Waals surface area contributed by atoms with Gasteiger partial charge in [-0.05, 0) is 97.1 Å². The summed E-state index contributed by atoms with van der Waals surface area (Å²) in [6.45, 7) is 2.07. The van der Waals surface area contributed by atoms with E-state index < -0.39 is 30.8 Å². The molecule has 3 unspecified atom stereocenters. The van der Waals surface area contributed by atoms with Gasteiger partial charge in [0.1, 0.15) is 11.0 Å². The highest BCUT2D eigenvalue weighted by molar-refractivity contribution is 7.89. The lowest BCUT2D eigenvalue weighted by atomic mass is 9.56. The van der Waals surface area contributed by atoms with Crippen molar-refractivity contribution in [3.63, 3.8) is 0 Å². The summed E-state index contributed by atoms with van der Waals surface area (Å²) in [6.07, 6.45) is 4.69. The van der Waals surface area contributed by atoms with Gasteiger partial charge in [-0.1, -0.05) is 13.0 Å². The lowest BCUT2D eigenvalue weighted by Gasteiger charge is -2.50. The molecule has 0 radical (unpaired) electrons. The number of aromatic hydroxyl groups is 1. The molecule has 190 valence electrons. The van der Waals surface area contributed by atoms with Crippen molar-refractivity contribution in [2.24, 2.45) is 22.4 Å². The van der Waals surface area contributed by atoms with Crippen molar-refractivity contribution >= 4 is 20.1 Å². The van der Waals surface area contributed by atoms with Gasteiger partial charge in [-0.2, -0.15) is 8.42 Å². The zero-order valence-corrected chi connectivity index (χ0v) is 21.4. The number of hydrogen-bond donors (Lipinski definition) is 2. The molecule has 5 rings (SSSR count). The molecule has 2 aromatic carbocycles. The smallest absolute Gasteiger partial charge is 0.312 e. The van der Waals surface area contributed by atoms with Gasteiger partial charge in [0.15, 0.2) is 11.5 Å². The van der Waals surface area contributed by atoms with Crippen LogP contribution in [0.25, 0.3) is 0 Å². The van der Waals surface area contributed by atoms with Crippen molar-refractivity contribution in [2.75, 3.05) is 7.11 Å². The van der Waals surface area contributed by atoms with E-state index in [1.165, 1.54) is 23.8 Å². The Morgan fingerprint density at radius 1 is 1.06 bits per heavy atom. The number of benzene rings is 2. The molecule has 2 aromatic rings. The third-order valence-corrected chi connectivity index (χ3v) is 11.4. The van der Waals surface area contributed by atoms with E-state index in [0.29, 0.717) is 24.0 Å². The van der Waals surface area contributed by atoms with Gasteiger partial charge in [0.05, 0.1) is 12.0 Å². The number of primary sulfonamides is 1. The fourth-order valence-electron chi connectivity index (χ4n) is 7.07. The van der Waals surface area contributed by atoms with Crippen LogP contribution in [0.2, 0.25) is 0 Å². The number of aryl methyl sites for hydroxylation is 1. The molecule has 0 aromatic heterocycles. The molecule has 0 bridgehead atoms. The van der Waals surface area contributed by atoms with Crippen LogP contribution in [0.15, 0.2) is 41.3 Å². The summed E-state index contributed by atoms with van der Waals surface area (Å²) in [7, 11) is -6.44. The van der Waals surface area contributed by atoms with Crippen LogP contribution in [0.5, 0.6) is 17.2 Å². The monoisotopic (exact) mass is 521 g/mol. The molecular weight excluding hydrogens is 490 g/mol. The molecule has 35 heavy (non-hydrogen) atoms. The summed E-state index contributed by atoms with van der Waals surface area (Å²) < 4.78 is 61.1. The zero-order valence-electron chi connectivity index (χ0n) is 19.8. The van der Waals surface area contributed by atoms with Crippen LogP contribution in [0.4, 0.5) is 0 Å². The van der Waals surface area contributed by atoms with Crippen LogP contribution >= 0.6 is 0 Å². The summed E-state index contributed by atoms with van der Waals surface area (Å²) in [5.41, 5.74) is 1.92. The van der Waals surface area contributed by atoms with E-state index in [-0.39, 0.29) is 22.3 Å². The molecule has 2 saturated carbocycles. The molecule has 2 fully saturated rings. The van der Waals surface area contributed by atoms with E-state index in [9.17, 15) is 21.9 Å². The summed E-state index contributed by atoms with van der Waals surface area (Å²) >= 11 is 0. The highest BCUT2D eigenvalue weighted by Gasteiger charge is 2.59. The first-order chi connectivity index (χ1) is 16.4. The molecule has 0 saturated heterocycles. The molecular formula is C25H31NO7S2. The number of ether oxygens (including phenoxy) is 1. The van der Waals surface area contributed by atoms with Gasteiger partial charge in [0.25, 0.3) is 0 Å². The molecule has 0 heterocycles. The third kappa shape index (κ3) is 4.09. The van der Waals surface area contributed by atoms with Gasteiger partial charge >= 0.3 is 10.1 Å². The average molecular weight is 522 g/mol. The fourth-order valence-corrected chi connectivity index (χ4v) is 9.49. The van der Waals surface area contributed by atoms with E-state index in [2.05, 4.69) is 6.92 Å². The summed E-state index contributed by atoms with van der Waals surface area (Å²) in [4.78, 5) is -0.191. The molecule has 8 nitrogen and oxygen atoms in total. The minimum atomic E-state index is -4.01. The van der Waals surface area contributed by atoms with Gasteiger partial charge in [-0.3, -0.25) is 0 Å². The summed E-state index contributed by atoms with van der Waals surface area (Å²) in [5, 5.41) is 14.7. The first-order valence-corrected chi connectivity index (χ1v) is 14.9. The standard InChI is InChI=1S/C25H31NO7S2/c1-25-11-10-18-19(7-6-15-12-22(27)23(32-2)14-20(15)18)21(25)8-9-24(25)35(30,31)33-16-4-3-5-17(13-16)34(26,28)29/h3-5,12-14,18-19,21,24,27H,6-11H2,1-2H3,(H2,26,28,29)/t18?,19?,21?,24-,25-/m0/s1. The molecule has 3 aliphatic rings.